The first-order valence-corrected chi connectivity index (χ1v) is 7.95. The van der Waals surface area contributed by atoms with E-state index in [1.165, 1.54) is 34.5 Å². The molecule has 25 heavy (non-hydrogen) atoms. The summed E-state index contributed by atoms with van der Waals surface area (Å²) in [6.45, 7) is 0. The van der Waals surface area contributed by atoms with Gasteiger partial charge in [-0.2, -0.15) is 0 Å². The second-order valence-corrected chi connectivity index (χ2v) is 6.05. The Morgan fingerprint density at radius 2 is 1.76 bits per heavy atom. The van der Waals surface area contributed by atoms with Gasteiger partial charge in [-0.15, -0.1) is 0 Å². The Morgan fingerprint density at radius 3 is 2.36 bits per heavy atom. The Bertz CT molecular complexity index is 746. The van der Waals surface area contributed by atoms with Gasteiger partial charge in [-0.3, -0.25) is 4.79 Å². The van der Waals surface area contributed by atoms with Crippen LogP contribution in [0.5, 0.6) is 0 Å². The molecule has 0 radical (unpaired) electrons. The van der Waals surface area contributed by atoms with Crippen LogP contribution in [0.25, 0.3) is 0 Å². The highest BCUT2D eigenvalue weighted by Gasteiger charge is 2.58. The second kappa shape index (κ2) is 6.38. The number of methoxy groups -OCH3 is 4. The van der Waals surface area contributed by atoms with Crippen LogP contribution in [0, 0.1) is 0 Å². The molecular weight excluding hydrogens is 324 g/mol. The number of ketones is 1. The van der Waals surface area contributed by atoms with Crippen molar-refractivity contribution in [3.63, 3.8) is 0 Å². The number of Topliss-reactive ketones (excluding diaryl/α,β-unsaturated/α-hetero) is 1. The van der Waals surface area contributed by atoms with Gasteiger partial charge in [0.1, 0.15) is 0 Å². The highest BCUT2D eigenvalue weighted by atomic mass is 16.8. The Labute approximate surface area is 146 Å². The van der Waals surface area contributed by atoms with E-state index in [-0.39, 0.29) is 17.5 Å². The summed E-state index contributed by atoms with van der Waals surface area (Å²) in [6, 6.07) is 7.48. The molecule has 2 aliphatic carbocycles. The fourth-order valence-electron chi connectivity index (χ4n) is 3.71. The maximum atomic E-state index is 12.3. The van der Waals surface area contributed by atoms with Crippen LogP contribution in [-0.4, -0.2) is 50.9 Å². The average molecular weight is 346 g/mol. The molecule has 6 nitrogen and oxygen atoms in total. The predicted molar refractivity (Wildman–Crippen MR) is 90.0 cm³/mol. The van der Waals surface area contributed by atoms with E-state index in [1.807, 2.05) is 24.3 Å². The molecule has 0 aromatic heterocycles. The van der Waals surface area contributed by atoms with E-state index in [1.54, 1.807) is 6.08 Å². The minimum Gasteiger partial charge on any atom is -0.495 e. The lowest BCUT2D eigenvalue weighted by molar-refractivity contribution is -0.353. The molecule has 1 N–H and O–H groups in total. The molecule has 0 amide bonds. The summed E-state index contributed by atoms with van der Waals surface area (Å²) in [6.07, 6.45) is 3.59. The first-order valence-electron chi connectivity index (χ1n) is 7.95. The molecule has 0 saturated carbocycles. The Kier molecular flexibility index (Phi) is 4.55. The van der Waals surface area contributed by atoms with E-state index in [0.717, 1.165) is 5.56 Å². The van der Waals surface area contributed by atoms with E-state index in [9.17, 15) is 9.90 Å². The van der Waals surface area contributed by atoms with Crippen LogP contribution in [-0.2, 0) is 18.9 Å². The number of benzene rings is 1. The standard InChI is InChI=1S/C19H22O6/c1-22-17-9-12(11-18(21,23-2)19(17,24-3)25-4)15-10-16(20)14-8-6-5-7-13(14)15/h5-9,11,15,21H,10H2,1-4H3. The molecule has 0 spiro atoms. The fraction of sp³-hybridized carbons (Fsp3) is 0.421. The van der Waals surface area contributed by atoms with Crippen molar-refractivity contribution >= 4 is 5.78 Å². The van der Waals surface area contributed by atoms with Gasteiger partial charge in [-0.05, 0) is 23.3 Å². The third kappa shape index (κ3) is 2.45. The second-order valence-electron chi connectivity index (χ2n) is 6.05. The Hall–Kier alpha value is -1.99. The summed E-state index contributed by atoms with van der Waals surface area (Å²) in [4.78, 5) is 12.3. The number of allylic oxidation sites excluding steroid dienone is 2. The van der Waals surface area contributed by atoms with Gasteiger partial charge >= 0.3 is 0 Å². The molecule has 1 aromatic rings. The van der Waals surface area contributed by atoms with E-state index < -0.39 is 11.6 Å². The summed E-state index contributed by atoms with van der Waals surface area (Å²) in [5.41, 5.74) is 2.34. The third-order valence-electron chi connectivity index (χ3n) is 4.99. The van der Waals surface area contributed by atoms with Crippen molar-refractivity contribution in [3.05, 3.63) is 58.9 Å². The zero-order valence-corrected chi connectivity index (χ0v) is 14.7. The summed E-state index contributed by atoms with van der Waals surface area (Å²) in [5, 5.41) is 11.1. The zero-order chi connectivity index (χ0) is 18.2. The number of hydrogen-bond donors (Lipinski definition) is 1. The van der Waals surface area contributed by atoms with Gasteiger partial charge in [-0.25, -0.2) is 0 Å². The average Bonchev–Trinajstić information content (AvgIpc) is 2.98. The van der Waals surface area contributed by atoms with Gasteiger partial charge in [-0.1, -0.05) is 24.3 Å². The first-order chi connectivity index (χ1) is 12.0. The number of fused-ring (bicyclic) bond motifs is 1. The lowest BCUT2D eigenvalue weighted by Crippen LogP contribution is -2.60. The van der Waals surface area contributed by atoms with Crippen molar-refractivity contribution in [2.45, 2.75) is 23.9 Å². The molecule has 2 atom stereocenters. The highest BCUT2D eigenvalue weighted by molar-refractivity contribution is 6.02. The molecule has 1 aromatic carbocycles. The lowest BCUT2D eigenvalue weighted by atomic mass is 9.84. The van der Waals surface area contributed by atoms with Gasteiger partial charge in [0.2, 0.25) is 5.79 Å². The lowest BCUT2D eigenvalue weighted by Gasteiger charge is -2.44. The molecule has 0 aliphatic heterocycles. The topological polar surface area (TPSA) is 74.2 Å². The smallest absolute Gasteiger partial charge is 0.287 e. The molecule has 0 fully saturated rings. The van der Waals surface area contributed by atoms with Crippen molar-refractivity contribution in [2.24, 2.45) is 0 Å². The number of carbonyl (C=O) groups is 1. The van der Waals surface area contributed by atoms with E-state index in [2.05, 4.69) is 0 Å². The van der Waals surface area contributed by atoms with Crippen LogP contribution in [0.1, 0.15) is 28.3 Å². The molecule has 2 aliphatic rings. The number of rotatable bonds is 5. The molecule has 2 unspecified atom stereocenters. The summed E-state index contributed by atoms with van der Waals surface area (Å²) in [7, 11) is 5.61. The van der Waals surface area contributed by atoms with E-state index in [0.29, 0.717) is 17.6 Å². The third-order valence-corrected chi connectivity index (χ3v) is 4.99. The van der Waals surface area contributed by atoms with Gasteiger partial charge in [0.05, 0.1) is 7.11 Å². The van der Waals surface area contributed by atoms with Crippen molar-refractivity contribution in [1.29, 1.82) is 0 Å². The molecule has 0 saturated heterocycles. The van der Waals surface area contributed by atoms with Crippen LogP contribution < -0.4 is 0 Å². The van der Waals surface area contributed by atoms with Gasteiger partial charge in [0.25, 0.3) is 5.79 Å². The summed E-state index contributed by atoms with van der Waals surface area (Å²) < 4.78 is 21.6. The normalized spacial score (nSPS) is 27.6. The van der Waals surface area contributed by atoms with Gasteiger partial charge < -0.3 is 24.1 Å². The molecule has 134 valence electrons. The monoisotopic (exact) mass is 346 g/mol. The Morgan fingerprint density at radius 1 is 1.08 bits per heavy atom. The van der Waals surface area contributed by atoms with E-state index >= 15 is 0 Å². The summed E-state index contributed by atoms with van der Waals surface area (Å²) >= 11 is 0. The maximum Gasteiger partial charge on any atom is 0.287 e. The Balaban J connectivity index is 2.13. The number of ether oxygens (including phenoxy) is 4. The van der Waals surface area contributed by atoms with E-state index in [4.69, 9.17) is 18.9 Å². The van der Waals surface area contributed by atoms with Crippen molar-refractivity contribution < 1.29 is 28.8 Å². The van der Waals surface area contributed by atoms with Crippen molar-refractivity contribution in [2.75, 3.05) is 28.4 Å². The highest BCUT2D eigenvalue weighted by Crippen LogP contribution is 2.46. The quantitative estimate of drug-likeness (QED) is 0.824. The zero-order valence-electron chi connectivity index (χ0n) is 14.7. The van der Waals surface area contributed by atoms with Crippen molar-refractivity contribution in [3.8, 4) is 0 Å². The maximum absolute atomic E-state index is 12.3. The van der Waals surface area contributed by atoms with Crippen LogP contribution in [0.3, 0.4) is 0 Å². The first kappa shape index (κ1) is 17.8. The number of aliphatic hydroxyl groups is 1. The number of hydrogen-bond acceptors (Lipinski definition) is 6. The van der Waals surface area contributed by atoms with Crippen LogP contribution in [0.15, 0.2) is 47.7 Å². The summed E-state index contributed by atoms with van der Waals surface area (Å²) in [5.74, 6) is -3.40. The molecule has 0 bridgehead atoms. The number of carbonyl (C=O) groups excluding carboxylic acids is 1. The van der Waals surface area contributed by atoms with Gasteiger partial charge in [0, 0.05) is 39.2 Å². The molecule has 6 heteroatoms. The SMILES string of the molecule is COC1=CC(C2CC(=O)c3ccccc32)=CC(O)(OC)C1(OC)OC. The van der Waals surface area contributed by atoms with Crippen LogP contribution in [0.4, 0.5) is 0 Å². The minimum atomic E-state index is -1.91. The predicted octanol–water partition coefficient (Wildman–Crippen LogP) is 2.15. The van der Waals surface area contributed by atoms with Crippen LogP contribution >= 0.6 is 0 Å². The molecule has 0 heterocycles. The molecule has 3 rings (SSSR count). The molecular formula is C19H22O6. The van der Waals surface area contributed by atoms with Crippen LogP contribution in [0.2, 0.25) is 0 Å². The largest absolute Gasteiger partial charge is 0.495 e. The van der Waals surface area contributed by atoms with Crippen molar-refractivity contribution in [1.82, 2.24) is 0 Å². The fourth-order valence-corrected chi connectivity index (χ4v) is 3.71. The minimum absolute atomic E-state index is 0.0742. The van der Waals surface area contributed by atoms with Gasteiger partial charge in [0.15, 0.2) is 11.5 Å².